The summed E-state index contributed by atoms with van der Waals surface area (Å²) < 4.78 is 95.5. The Balaban J connectivity index is 2.48. The summed E-state index contributed by atoms with van der Waals surface area (Å²) in [5.41, 5.74) is -7.59. The number of thiazole rings is 1. The molecule has 7 nitrogen and oxygen atoms in total. The lowest BCUT2D eigenvalue weighted by Gasteiger charge is -2.18. The molecule has 14 heteroatoms. The van der Waals surface area contributed by atoms with E-state index in [-0.39, 0.29) is 11.2 Å². The number of carbonyl (C=O) groups is 1. The van der Waals surface area contributed by atoms with Crippen LogP contribution in [0, 0.1) is 11.6 Å². The molecule has 2 rings (SSSR count). The molecule has 0 radical (unpaired) electrons. The summed E-state index contributed by atoms with van der Waals surface area (Å²) in [4.78, 5) is 15.2. The second kappa shape index (κ2) is 6.74. The van der Waals surface area contributed by atoms with Crippen LogP contribution >= 0.6 is 11.3 Å². The summed E-state index contributed by atoms with van der Waals surface area (Å²) in [6.07, 6.45) is -1.02. The number of carbonyl (C=O) groups excluding carboxylic acids is 1. The Kier molecular flexibility index (Phi) is 5.27. The molecule has 1 amide bonds. The average Bonchev–Trinajstić information content (AvgIpc) is 2.84. The number of halogens is 5. The van der Waals surface area contributed by atoms with Gasteiger partial charge in [-0.3, -0.25) is 5.32 Å². The number of alkyl halides is 3. The molecule has 1 heterocycles. The zero-order valence-corrected chi connectivity index (χ0v) is 15.4. The Morgan fingerprint density at radius 1 is 1.19 bits per heavy atom. The fourth-order valence-corrected chi connectivity index (χ4v) is 3.00. The summed E-state index contributed by atoms with van der Waals surface area (Å²) in [6, 6.07) is 0.138. The van der Waals surface area contributed by atoms with Gasteiger partial charge in [0.25, 0.3) is 0 Å². The molecule has 150 valence electrons. The highest BCUT2D eigenvalue weighted by Gasteiger charge is 2.49. The van der Waals surface area contributed by atoms with Crippen LogP contribution < -0.4 is 9.50 Å². The first kappa shape index (κ1) is 21.1. The number of ether oxygens (including phenoxy) is 1. The van der Waals surface area contributed by atoms with Crippen molar-refractivity contribution in [1.82, 2.24) is 4.98 Å². The van der Waals surface area contributed by atoms with Crippen molar-refractivity contribution in [3.63, 3.8) is 0 Å². The van der Waals surface area contributed by atoms with Gasteiger partial charge in [-0.1, -0.05) is 11.3 Å². The zero-order valence-electron chi connectivity index (χ0n) is 13.8. The summed E-state index contributed by atoms with van der Waals surface area (Å²) in [7, 11) is -6.23. The summed E-state index contributed by atoms with van der Waals surface area (Å²) in [5.74, 6) is -4.41. The molecule has 27 heavy (non-hydrogen) atoms. The molecular weight excluding hydrogens is 423 g/mol. The van der Waals surface area contributed by atoms with Crippen molar-refractivity contribution in [2.24, 2.45) is 0 Å². The van der Waals surface area contributed by atoms with Crippen molar-refractivity contribution in [3.05, 3.63) is 17.7 Å². The fraction of sp³-hybridized carbons (Fsp3) is 0.385. The molecule has 0 saturated carbocycles. The summed E-state index contributed by atoms with van der Waals surface area (Å²) in [5, 5.41) is 1.71. The topological polar surface area (TPSA) is 94.6 Å². The summed E-state index contributed by atoms with van der Waals surface area (Å²) in [6.45, 7) is 4.65. The Morgan fingerprint density at radius 3 is 2.30 bits per heavy atom. The van der Waals surface area contributed by atoms with E-state index in [4.69, 9.17) is 4.74 Å². The predicted octanol–water partition coefficient (Wildman–Crippen LogP) is 4.15. The minimum absolute atomic E-state index is 0.138. The highest BCUT2D eigenvalue weighted by Crippen LogP contribution is 2.39. The Bertz CT molecular complexity index is 995. The van der Waals surface area contributed by atoms with Crippen LogP contribution in [-0.4, -0.2) is 30.6 Å². The Labute approximate surface area is 153 Å². The fourth-order valence-electron chi connectivity index (χ4n) is 1.67. The Hall–Kier alpha value is -2.22. The number of fused-ring (bicyclic) bond motifs is 1. The molecular formula is C13H11F5N2O5S2. The number of anilines is 1. The van der Waals surface area contributed by atoms with E-state index in [1.807, 2.05) is 0 Å². The van der Waals surface area contributed by atoms with Gasteiger partial charge in [-0.15, -0.1) is 0 Å². The molecule has 0 unspecified atom stereocenters. The van der Waals surface area contributed by atoms with Gasteiger partial charge in [0.1, 0.15) is 16.9 Å². The van der Waals surface area contributed by atoms with Crippen LogP contribution in [0.15, 0.2) is 6.07 Å². The maximum atomic E-state index is 13.9. The molecule has 0 aliphatic heterocycles. The minimum atomic E-state index is -6.23. The predicted molar refractivity (Wildman–Crippen MR) is 85.0 cm³/mol. The van der Waals surface area contributed by atoms with Gasteiger partial charge in [0.05, 0.1) is 4.70 Å². The molecule has 1 aromatic carbocycles. The van der Waals surface area contributed by atoms with Crippen LogP contribution in [0.25, 0.3) is 10.2 Å². The van der Waals surface area contributed by atoms with Crippen molar-refractivity contribution in [3.8, 4) is 5.75 Å². The van der Waals surface area contributed by atoms with E-state index in [0.29, 0.717) is 11.3 Å². The lowest BCUT2D eigenvalue weighted by Crippen LogP contribution is -2.28. The lowest BCUT2D eigenvalue weighted by molar-refractivity contribution is -0.0500. The van der Waals surface area contributed by atoms with Gasteiger partial charge in [-0.2, -0.15) is 21.6 Å². The molecule has 0 saturated heterocycles. The van der Waals surface area contributed by atoms with E-state index in [9.17, 15) is 35.2 Å². The number of aromatic nitrogens is 1. The smallest absolute Gasteiger partial charge is 0.444 e. The number of amides is 1. The molecule has 0 aliphatic carbocycles. The first-order chi connectivity index (χ1) is 12.1. The number of hydrogen-bond donors (Lipinski definition) is 1. The molecule has 0 fully saturated rings. The van der Waals surface area contributed by atoms with Crippen LogP contribution in [0.5, 0.6) is 5.75 Å². The van der Waals surface area contributed by atoms with E-state index in [1.165, 1.54) is 0 Å². The van der Waals surface area contributed by atoms with Crippen LogP contribution in [0.1, 0.15) is 20.8 Å². The first-order valence-corrected chi connectivity index (χ1v) is 9.12. The molecule has 0 atom stereocenters. The first-order valence-electron chi connectivity index (χ1n) is 6.90. The SMILES string of the molecule is CC(C)(C)OC(=O)Nc1nc2c(OS(=O)(=O)C(F)(F)F)c(F)cc(F)c2s1. The average molecular weight is 434 g/mol. The molecule has 1 aromatic heterocycles. The van der Waals surface area contributed by atoms with Crippen molar-refractivity contribution >= 4 is 42.9 Å². The minimum Gasteiger partial charge on any atom is -0.444 e. The van der Waals surface area contributed by atoms with Crippen LogP contribution in [-0.2, 0) is 14.9 Å². The molecule has 1 N–H and O–H groups in total. The maximum Gasteiger partial charge on any atom is 0.534 e. The Morgan fingerprint density at radius 2 is 1.78 bits per heavy atom. The highest BCUT2D eigenvalue weighted by atomic mass is 32.2. The number of rotatable bonds is 3. The van der Waals surface area contributed by atoms with Gasteiger partial charge < -0.3 is 8.92 Å². The van der Waals surface area contributed by atoms with Gasteiger partial charge in [0.2, 0.25) is 5.75 Å². The lowest BCUT2D eigenvalue weighted by atomic mass is 10.2. The second-order valence-corrected chi connectivity index (χ2v) is 8.51. The van der Waals surface area contributed by atoms with Gasteiger partial charge in [-0.25, -0.2) is 18.6 Å². The quantitative estimate of drug-likeness (QED) is 0.443. The molecule has 0 bridgehead atoms. The van der Waals surface area contributed by atoms with E-state index in [2.05, 4.69) is 14.5 Å². The zero-order chi connectivity index (χ0) is 20.8. The third-order valence-corrected chi connectivity index (χ3v) is 4.55. The number of benzene rings is 1. The number of nitrogens with one attached hydrogen (secondary N) is 1. The number of nitrogens with zero attached hydrogens (tertiary/aromatic N) is 1. The third-order valence-electron chi connectivity index (χ3n) is 2.61. The van der Waals surface area contributed by atoms with Crippen molar-refractivity contribution in [1.29, 1.82) is 0 Å². The molecule has 0 aliphatic rings. The highest BCUT2D eigenvalue weighted by molar-refractivity contribution is 7.88. The van der Waals surface area contributed by atoms with Gasteiger partial charge in [0.15, 0.2) is 10.9 Å². The summed E-state index contributed by atoms with van der Waals surface area (Å²) >= 11 is 0.414. The standard InChI is InChI=1S/C13H11F5N2O5S2/c1-12(2,3)24-11(21)20-10-19-7-8(25-27(22,23)13(16,17)18)5(14)4-6(15)9(7)26-10/h4H,1-3H3,(H,19,20,21). The third kappa shape index (κ3) is 4.74. The van der Waals surface area contributed by atoms with Gasteiger partial charge in [0, 0.05) is 6.07 Å². The van der Waals surface area contributed by atoms with Gasteiger partial charge >= 0.3 is 21.7 Å². The molecule has 0 spiro atoms. The van der Waals surface area contributed by atoms with Gasteiger partial charge in [-0.05, 0) is 20.8 Å². The van der Waals surface area contributed by atoms with E-state index >= 15 is 0 Å². The van der Waals surface area contributed by atoms with E-state index < -0.39 is 54.9 Å². The monoisotopic (exact) mass is 434 g/mol. The van der Waals surface area contributed by atoms with Crippen molar-refractivity contribution < 1.29 is 44.1 Å². The van der Waals surface area contributed by atoms with E-state index in [1.54, 1.807) is 20.8 Å². The van der Waals surface area contributed by atoms with Crippen LogP contribution in [0.4, 0.5) is 31.9 Å². The number of hydrogen-bond acceptors (Lipinski definition) is 7. The normalized spacial score (nSPS) is 12.9. The second-order valence-electron chi connectivity index (χ2n) is 5.98. The van der Waals surface area contributed by atoms with E-state index in [0.717, 1.165) is 0 Å². The van der Waals surface area contributed by atoms with Crippen molar-refractivity contribution in [2.75, 3.05) is 5.32 Å². The largest absolute Gasteiger partial charge is 0.534 e. The van der Waals surface area contributed by atoms with Crippen LogP contribution in [0.2, 0.25) is 0 Å². The molecule has 2 aromatic rings. The van der Waals surface area contributed by atoms with Crippen molar-refractivity contribution in [2.45, 2.75) is 31.9 Å². The maximum absolute atomic E-state index is 13.9. The van der Waals surface area contributed by atoms with Crippen LogP contribution in [0.3, 0.4) is 0 Å².